The van der Waals surface area contributed by atoms with Crippen LogP contribution in [0.4, 0.5) is 0 Å². The fraction of sp³-hybridized carbons (Fsp3) is 1.00. The van der Waals surface area contributed by atoms with Crippen molar-refractivity contribution in [2.45, 2.75) is 88.3 Å². The summed E-state index contributed by atoms with van der Waals surface area (Å²) in [5.74, 6) is 0.156. The van der Waals surface area contributed by atoms with E-state index in [1.165, 1.54) is 44.9 Å². The maximum Gasteiger partial charge on any atom is 0.193 e. The molecule has 0 aliphatic carbocycles. The third kappa shape index (κ3) is 14.2. The van der Waals surface area contributed by atoms with Gasteiger partial charge in [0.15, 0.2) is 3.79 Å². The van der Waals surface area contributed by atoms with E-state index in [4.69, 9.17) is 39.5 Å². The van der Waals surface area contributed by atoms with Crippen LogP contribution in [0.5, 0.6) is 0 Å². The predicted octanol–water partition coefficient (Wildman–Crippen LogP) is 7.32. The van der Waals surface area contributed by atoms with E-state index in [0.29, 0.717) is 0 Å². The molecule has 128 valence electrons. The second-order valence-electron chi connectivity index (χ2n) is 5.90. The first-order chi connectivity index (χ1) is 10.0. The largest absolute Gasteiger partial charge is 0.381 e. The van der Waals surface area contributed by atoms with Gasteiger partial charge in [-0.05, 0) is 25.7 Å². The van der Waals surface area contributed by atoms with E-state index >= 15 is 0 Å². The number of unbranched alkanes of at least 4 members (excludes halogenated alkanes) is 6. The first kappa shape index (κ1) is 21.8. The Morgan fingerprint density at radius 3 is 1.86 bits per heavy atom. The molecule has 0 rings (SSSR count). The summed E-state index contributed by atoms with van der Waals surface area (Å²) in [6.45, 7) is 6.05. The van der Waals surface area contributed by atoms with Gasteiger partial charge in [-0.3, -0.25) is 0 Å². The van der Waals surface area contributed by atoms with E-state index in [1.54, 1.807) is 0 Å². The van der Waals surface area contributed by atoms with Crippen LogP contribution in [0.2, 0.25) is 0 Å². The number of ether oxygens (including phenoxy) is 1. The fourth-order valence-electron chi connectivity index (χ4n) is 2.42. The molecule has 0 spiro atoms. The second kappa shape index (κ2) is 14.4. The van der Waals surface area contributed by atoms with Crippen molar-refractivity contribution in [3.63, 3.8) is 0 Å². The Balaban J connectivity index is 3.74. The molecule has 0 aliphatic heterocycles. The van der Waals surface area contributed by atoms with Crippen molar-refractivity contribution >= 4 is 34.8 Å². The van der Waals surface area contributed by atoms with E-state index in [9.17, 15) is 0 Å². The topological polar surface area (TPSA) is 9.23 Å². The quantitative estimate of drug-likeness (QED) is 0.233. The maximum absolute atomic E-state index is 6.11. The van der Waals surface area contributed by atoms with Crippen LogP contribution in [-0.2, 0) is 4.74 Å². The molecule has 0 fully saturated rings. The Bertz CT molecular complexity index is 201. The highest BCUT2D eigenvalue weighted by Gasteiger charge is 2.31. The summed E-state index contributed by atoms with van der Waals surface area (Å²) >= 11 is 18.3. The molecule has 0 aromatic rings. The summed E-state index contributed by atoms with van der Waals surface area (Å²) in [5.41, 5.74) is 0. The average Bonchev–Trinajstić information content (AvgIpc) is 2.42. The number of rotatable bonds is 14. The lowest BCUT2D eigenvalue weighted by Gasteiger charge is -2.24. The minimum atomic E-state index is -1.13. The number of alkyl halides is 3. The van der Waals surface area contributed by atoms with Crippen LogP contribution in [0.3, 0.4) is 0 Å². The van der Waals surface area contributed by atoms with Gasteiger partial charge in [0.1, 0.15) is 0 Å². The molecule has 0 saturated carbocycles. The number of hydrogen-bond donors (Lipinski definition) is 0. The lowest BCUT2D eigenvalue weighted by molar-refractivity contribution is 0.123. The van der Waals surface area contributed by atoms with E-state index in [1.807, 2.05) is 0 Å². The van der Waals surface area contributed by atoms with Gasteiger partial charge in [0.05, 0.1) is 0 Å². The molecule has 1 atom stereocenters. The zero-order chi connectivity index (χ0) is 16.0. The molecule has 0 bridgehead atoms. The number of halogens is 3. The Kier molecular flexibility index (Phi) is 15.0. The SMILES string of the molecule is CCCCCCCCC(CCCOCCCC)C(Cl)(Cl)Cl. The highest BCUT2D eigenvalue weighted by molar-refractivity contribution is 6.67. The number of hydrogen-bond acceptors (Lipinski definition) is 1. The molecule has 0 N–H and O–H groups in total. The molecule has 0 aliphatic rings. The first-order valence-electron chi connectivity index (χ1n) is 8.66. The Morgan fingerprint density at radius 2 is 1.24 bits per heavy atom. The summed E-state index contributed by atoms with van der Waals surface area (Å²) in [5, 5.41) is 0. The van der Waals surface area contributed by atoms with E-state index in [2.05, 4.69) is 13.8 Å². The van der Waals surface area contributed by atoms with Crippen molar-refractivity contribution in [1.29, 1.82) is 0 Å². The molecule has 1 nitrogen and oxygen atoms in total. The van der Waals surface area contributed by atoms with E-state index < -0.39 is 3.79 Å². The van der Waals surface area contributed by atoms with Crippen LogP contribution in [-0.4, -0.2) is 17.0 Å². The molecule has 0 saturated heterocycles. The van der Waals surface area contributed by atoms with Crippen molar-refractivity contribution in [3.8, 4) is 0 Å². The smallest absolute Gasteiger partial charge is 0.193 e. The lowest BCUT2D eigenvalue weighted by Crippen LogP contribution is -2.20. The van der Waals surface area contributed by atoms with E-state index in [0.717, 1.165) is 38.9 Å². The van der Waals surface area contributed by atoms with Gasteiger partial charge in [-0.2, -0.15) is 0 Å². The van der Waals surface area contributed by atoms with Gasteiger partial charge >= 0.3 is 0 Å². The lowest BCUT2D eigenvalue weighted by atomic mass is 9.97. The summed E-state index contributed by atoms with van der Waals surface area (Å²) in [4.78, 5) is 0. The normalized spacial score (nSPS) is 13.6. The minimum absolute atomic E-state index is 0.156. The Hall–Kier alpha value is 0.830. The van der Waals surface area contributed by atoms with Crippen molar-refractivity contribution in [3.05, 3.63) is 0 Å². The zero-order valence-corrected chi connectivity index (χ0v) is 16.1. The molecule has 0 aromatic carbocycles. The van der Waals surface area contributed by atoms with Gasteiger partial charge < -0.3 is 4.74 Å². The van der Waals surface area contributed by atoms with Crippen LogP contribution < -0.4 is 0 Å². The highest BCUT2D eigenvalue weighted by Crippen LogP contribution is 2.40. The summed E-state index contributed by atoms with van der Waals surface area (Å²) in [7, 11) is 0. The van der Waals surface area contributed by atoms with Gasteiger partial charge in [-0.1, -0.05) is 93.6 Å². The molecule has 4 heteroatoms. The summed E-state index contributed by atoms with van der Waals surface area (Å²) < 4.78 is 4.45. The van der Waals surface area contributed by atoms with Gasteiger partial charge in [-0.15, -0.1) is 0 Å². The monoisotopic (exact) mass is 358 g/mol. The zero-order valence-electron chi connectivity index (χ0n) is 13.8. The first-order valence-corrected chi connectivity index (χ1v) is 9.80. The van der Waals surface area contributed by atoms with Crippen LogP contribution in [0.25, 0.3) is 0 Å². The molecular weight excluding hydrogens is 327 g/mol. The van der Waals surface area contributed by atoms with Gasteiger partial charge in [0.2, 0.25) is 0 Å². The minimum Gasteiger partial charge on any atom is -0.381 e. The molecule has 0 aromatic heterocycles. The van der Waals surface area contributed by atoms with Crippen LogP contribution >= 0.6 is 34.8 Å². The Morgan fingerprint density at radius 1 is 0.714 bits per heavy atom. The standard InChI is InChI=1S/C17H33Cl3O/c1-3-5-7-8-9-10-12-16(17(18,19)20)13-11-15-21-14-6-4-2/h16H,3-15H2,1-2H3. The molecule has 1 unspecified atom stereocenters. The summed E-state index contributed by atoms with van der Waals surface area (Å²) in [6, 6.07) is 0. The molecule has 0 heterocycles. The molecule has 0 radical (unpaired) electrons. The van der Waals surface area contributed by atoms with Crippen molar-refractivity contribution < 1.29 is 4.74 Å². The van der Waals surface area contributed by atoms with Crippen LogP contribution in [0.1, 0.15) is 84.5 Å². The third-order valence-corrected chi connectivity index (χ3v) is 4.78. The average molecular weight is 360 g/mol. The van der Waals surface area contributed by atoms with Gasteiger partial charge in [0.25, 0.3) is 0 Å². The molecule has 21 heavy (non-hydrogen) atoms. The van der Waals surface area contributed by atoms with Crippen molar-refractivity contribution in [2.75, 3.05) is 13.2 Å². The Labute approximate surface area is 147 Å². The van der Waals surface area contributed by atoms with Crippen molar-refractivity contribution in [2.24, 2.45) is 5.92 Å². The highest BCUT2D eigenvalue weighted by atomic mass is 35.6. The maximum atomic E-state index is 6.11. The van der Waals surface area contributed by atoms with Crippen molar-refractivity contribution in [1.82, 2.24) is 0 Å². The van der Waals surface area contributed by atoms with Gasteiger partial charge in [-0.25, -0.2) is 0 Å². The predicted molar refractivity (Wildman–Crippen MR) is 96.7 cm³/mol. The molecule has 0 amide bonds. The third-order valence-electron chi connectivity index (χ3n) is 3.85. The fourth-order valence-corrected chi connectivity index (χ4v) is 3.08. The van der Waals surface area contributed by atoms with E-state index in [-0.39, 0.29) is 5.92 Å². The summed E-state index contributed by atoms with van der Waals surface area (Å²) in [6.07, 6.45) is 12.9. The van der Waals surface area contributed by atoms with Crippen LogP contribution in [0, 0.1) is 5.92 Å². The van der Waals surface area contributed by atoms with Gasteiger partial charge in [0, 0.05) is 19.1 Å². The second-order valence-corrected chi connectivity index (χ2v) is 8.27. The van der Waals surface area contributed by atoms with Crippen LogP contribution in [0.15, 0.2) is 0 Å². The molecular formula is C17H33Cl3O.